The maximum absolute atomic E-state index is 11.5. The maximum atomic E-state index is 11.5. The van der Waals surface area contributed by atoms with E-state index >= 15 is 0 Å². The lowest BCUT2D eigenvalue weighted by atomic mass is 9.81. The Morgan fingerprint density at radius 3 is 2.44 bits per heavy atom. The molecule has 0 unspecified atom stereocenters. The molecule has 1 heterocycles. The van der Waals surface area contributed by atoms with Gasteiger partial charge < -0.3 is 9.84 Å². The molecule has 2 rings (SSSR count). The van der Waals surface area contributed by atoms with Crippen molar-refractivity contribution in [2.75, 3.05) is 13.2 Å². The van der Waals surface area contributed by atoms with Crippen molar-refractivity contribution in [1.82, 2.24) is 0 Å². The Hall–Kier alpha value is -0.870. The van der Waals surface area contributed by atoms with E-state index in [4.69, 9.17) is 4.74 Å². The minimum atomic E-state index is -0.728. The second-order valence-electron chi connectivity index (χ2n) is 4.64. The van der Waals surface area contributed by atoms with Crippen LogP contribution in [0.1, 0.15) is 29.9 Å². The summed E-state index contributed by atoms with van der Waals surface area (Å²) in [6.45, 7) is 1.35. The normalized spacial score (nSPS) is 18.5. The van der Waals surface area contributed by atoms with Crippen molar-refractivity contribution in [2.24, 2.45) is 5.92 Å². The molecule has 18 heavy (non-hydrogen) atoms. The van der Waals surface area contributed by atoms with Crippen LogP contribution in [-0.2, 0) is 14.9 Å². The molecule has 3 nitrogen and oxygen atoms in total. The second kappa shape index (κ2) is 6.34. The third-order valence-corrected chi connectivity index (χ3v) is 4.14. The summed E-state index contributed by atoms with van der Waals surface area (Å²) < 4.78 is 5.30. The van der Waals surface area contributed by atoms with Gasteiger partial charge in [0.25, 0.3) is 0 Å². The van der Waals surface area contributed by atoms with Gasteiger partial charge in [-0.15, -0.1) is 0 Å². The first kappa shape index (κ1) is 13.6. The zero-order chi connectivity index (χ0) is 13.0. The fourth-order valence-electron chi connectivity index (χ4n) is 2.48. The van der Waals surface area contributed by atoms with Gasteiger partial charge in [0.2, 0.25) is 0 Å². The Labute approximate surface area is 115 Å². The van der Waals surface area contributed by atoms with Gasteiger partial charge in [-0.1, -0.05) is 40.2 Å². The Kier molecular flexibility index (Phi) is 4.78. The van der Waals surface area contributed by atoms with Gasteiger partial charge in [0.15, 0.2) is 0 Å². The topological polar surface area (TPSA) is 46.5 Å². The summed E-state index contributed by atoms with van der Waals surface area (Å²) in [5, 5.41) is 10.2. The molecule has 0 bridgehead atoms. The molecule has 0 saturated carbocycles. The zero-order valence-electron chi connectivity index (χ0n) is 10.1. The van der Waals surface area contributed by atoms with Crippen LogP contribution >= 0.6 is 15.9 Å². The smallest absolute Gasteiger partial charge is 0.311 e. The van der Waals surface area contributed by atoms with E-state index < -0.39 is 11.9 Å². The molecule has 1 aromatic rings. The van der Waals surface area contributed by atoms with Crippen molar-refractivity contribution in [1.29, 1.82) is 0 Å². The van der Waals surface area contributed by atoms with E-state index in [1.807, 2.05) is 24.3 Å². The van der Waals surface area contributed by atoms with Crippen molar-refractivity contribution < 1.29 is 14.6 Å². The van der Waals surface area contributed by atoms with Gasteiger partial charge in [0.1, 0.15) is 0 Å². The number of carboxylic acid groups (broad SMARTS) is 1. The van der Waals surface area contributed by atoms with E-state index in [2.05, 4.69) is 15.9 Å². The fourth-order valence-corrected chi connectivity index (χ4v) is 2.85. The lowest BCUT2D eigenvalue weighted by Crippen LogP contribution is -2.27. The summed E-state index contributed by atoms with van der Waals surface area (Å²) in [7, 11) is 0. The SMILES string of the molecule is O=C(O)[C@H](c1ccc(CBr)cc1)C1CCOCC1. The molecule has 1 aromatic carbocycles. The summed E-state index contributed by atoms with van der Waals surface area (Å²) in [6.07, 6.45) is 1.66. The van der Waals surface area contributed by atoms with Gasteiger partial charge in [-0.2, -0.15) is 0 Å². The minimum absolute atomic E-state index is 0.186. The molecular weight excluding hydrogens is 296 g/mol. The molecule has 1 N–H and O–H groups in total. The molecule has 4 heteroatoms. The van der Waals surface area contributed by atoms with Crippen molar-refractivity contribution in [3.05, 3.63) is 35.4 Å². The van der Waals surface area contributed by atoms with Crippen LogP contribution in [0.5, 0.6) is 0 Å². The highest BCUT2D eigenvalue weighted by Gasteiger charge is 2.30. The molecule has 0 spiro atoms. The van der Waals surface area contributed by atoms with Gasteiger partial charge in [-0.25, -0.2) is 0 Å². The van der Waals surface area contributed by atoms with Gasteiger partial charge in [0, 0.05) is 18.5 Å². The molecule has 0 radical (unpaired) electrons. The first-order valence-corrected chi connectivity index (χ1v) is 7.30. The van der Waals surface area contributed by atoms with Gasteiger partial charge in [-0.05, 0) is 29.9 Å². The van der Waals surface area contributed by atoms with Crippen molar-refractivity contribution in [3.8, 4) is 0 Å². The van der Waals surface area contributed by atoms with E-state index in [9.17, 15) is 9.90 Å². The molecule has 0 aromatic heterocycles. The number of alkyl halides is 1. The van der Waals surface area contributed by atoms with Gasteiger partial charge >= 0.3 is 5.97 Å². The van der Waals surface area contributed by atoms with Crippen LogP contribution in [0.4, 0.5) is 0 Å². The average molecular weight is 313 g/mol. The first-order chi connectivity index (χ1) is 8.72. The fraction of sp³-hybridized carbons (Fsp3) is 0.500. The molecule has 1 aliphatic rings. The first-order valence-electron chi connectivity index (χ1n) is 6.17. The van der Waals surface area contributed by atoms with Crippen molar-refractivity contribution in [2.45, 2.75) is 24.1 Å². The molecule has 1 atom stereocenters. The summed E-state index contributed by atoms with van der Waals surface area (Å²) in [6, 6.07) is 7.84. The van der Waals surface area contributed by atoms with Gasteiger partial charge in [0.05, 0.1) is 5.92 Å². The number of benzene rings is 1. The predicted molar refractivity (Wildman–Crippen MR) is 73.0 cm³/mol. The van der Waals surface area contributed by atoms with Crippen LogP contribution in [0.3, 0.4) is 0 Å². The highest BCUT2D eigenvalue weighted by atomic mass is 79.9. The van der Waals surface area contributed by atoms with Crippen LogP contribution < -0.4 is 0 Å². The quantitative estimate of drug-likeness (QED) is 0.869. The Balaban J connectivity index is 2.20. The Morgan fingerprint density at radius 1 is 1.33 bits per heavy atom. The largest absolute Gasteiger partial charge is 0.481 e. The maximum Gasteiger partial charge on any atom is 0.311 e. The third-order valence-electron chi connectivity index (χ3n) is 3.50. The lowest BCUT2D eigenvalue weighted by Gasteiger charge is -2.27. The van der Waals surface area contributed by atoms with Crippen LogP contribution in [0, 0.1) is 5.92 Å². The highest BCUT2D eigenvalue weighted by Crippen LogP contribution is 2.32. The number of carboxylic acids is 1. The summed E-state index contributed by atoms with van der Waals surface area (Å²) >= 11 is 3.39. The average Bonchev–Trinajstić information content (AvgIpc) is 2.40. The molecule has 98 valence electrons. The number of aliphatic carboxylic acids is 1. The highest BCUT2D eigenvalue weighted by molar-refractivity contribution is 9.08. The summed E-state index contributed by atoms with van der Waals surface area (Å²) in [5.74, 6) is -0.946. The van der Waals surface area contributed by atoms with E-state index in [1.165, 1.54) is 0 Å². The number of halogens is 1. The summed E-state index contributed by atoms with van der Waals surface area (Å²) in [4.78, 5) is 11.5. The number of ether oxygens (including phenoxy) is 1. The molecule has 1 saturated heterocycles. The van der Waals surface area contributed by atoms with E-state index in [-0.39, 0.29) is 5.92 Å². The van der Waals surface area contributed by atoms with Gasteiger partial charge in [-0.3, -0.25) is 4.79 Å². The predicted octanol–water partition coefficient (Wildman–Crippen LogP) is 3.18. The van der Waals surface area contributed by atoms with E-state index in [0.717, 1.165) is 29.3 Å². The standard InChI is InChI=1S/C14H17BrO3/c15-9-10-1-3-11(4-2-10)13(14(16)17)12-5-7-18-8-6-12/h1-4,12-13H,5-9H2,(H,16,17)/t13-/m1/s1. The molecule has 1 aliphatic heterocycles. The number of hydrogen-bond acceptors (Lipinski definition) is 2. The Bertz CT molecular complexity index is 396. The lowest BCUT2D eigenvalue weighted by molar-refractivity contribution is -0.141. The summed E-state index contributed by atoms with van der Waals surface area (Å²) in [5.41, 5.74) is 2.06. The van der Waals surface area contributed by atoms with Crippen LogP contribution in [0.15, 0.2) is 24.3 Å². The van der Waals surface area contributed by atoms with Crippen molar-refractivity contribution in [3.63, 3.8) is 0 Å². The number of hydrogen-bond donors (Lipinski definition) is 1. The van der Waals surface area contributed by atoms with E-state index in [0.29, 0.717) is 13.2 Å². The molecular formula is C14H17BrO3. The van der Waals surface area contributed by atoms with E-state index in [1.54, 1.807) is 0 Å². The monoisotopic (exact) mass is 312 g/mol. The van der Waals surface area contributed by atoms with Crippen molar-refractivity contribution >= 4 is 21.9 Å². The van der Waals surface area contributed by atoms with Crippen LogP contribution in [-0.4, -0.2) is 24.3 Å². The molecule has 0 amide bonds. The molecule has 0 aliphatic carbocycles. The Morgan fingerprint density at radius 2 is 1.94 bits per heavy atom. The number of rotatable bonds is 4. The minimum Gasteiger partial charge on any atom is -0.481 e. The second-order valence-corrected chi connectivity index (χ2v) is 5.20. The molecule has 1 fully saturated rings. The van der Waals surface area contributed by atoms with Crippen LogP contribution in [0.2, 0.25) is 0 Å². The zero-order valence-corrected chi connectivity index (χ0v) is 11.7. The number of carbonyl (C=O) groups is 1. The third kappa shape index (κ3) is 3.12. The van der Waals surface area contributed by atoms with Crippen LogP contribution in [0.25, 0.3) is 0 Å².